The minimum atomic E-state index is -0.0134. The first-order valence-corrected chi connectivity index (χ1v) is 7.42. The molecule has 0 amide bonds. The molecule has 5 nitrogen and oxygen atoms in total. The van der Waals surface area contributed by atoms with Crippen LogP contribution in [0, 0.1) is 0 Å². The van der Waals surface area contributed by atoms with E-state index in [-0.39, 0.29) is 11.6 Å². The molecule has 0 fully saturated rings. The van der Waals surface area contributed by atoms with E-state index < -0.39 is 0 Å². The van der Waals surface area contributed by atoms with Gasteiger partial charge >= 0.3 is 0 Å². The number of aromatic nitrogens is 1. The number of rotatable bonds is 8. The monoisotopic (exact) mass is 279 g/mol. The van der Waals surface area contributed by atoms with Crippen molar-refractivity contribution in [1.82, 2.24) is 15.3 Å². The van der Waals surface area contributed by atoms with Gasteiger partial charge in [0.2, 0.25) is 0 Å². The number of hydrazine groups is 1. The molecule has 0 saturated carbocycles. The molecule has 0 aliphatic heterocycles. The van der Waals surface area contributed by atoms with Gasteiger partial charge in [-0.25, -0.2) is 0 Å². The molecule has 0 saturated heterocycles. The Balaban J connectivity index is 3.01. The first kappa shape index (κ1) is 16.9. The van der Waals surface area contributed by atoms with Crippen molar-refractivity contribution in [3.63, 3.8) is 0 Å². The fourth-order valence-electron chi connectivity index (χ4n) is 2.92. The molecule has 114 valence electrons. The van der Waals surface area contributed by atoms with Crippen molar-refractivity contribution in [2.75, 3.05) is 18.8 Å². The van der Waals surface area contributed by atoms with E-state index in [1.807, 2.05) is 12.3 Å². The minimum Gasteiger partial charge on any atom is -0.398 e. The van der Waals surface area contributed by atoms with E-state index in [9.17, 15) is 0 Å². The Morgan fingerprint density at radius 2 is 2.00 bits per heavy atom. The number of nitrogens with zero attached hydrogens (tertiary/aromatic N) is 2. The van der Waals surface area contributed by atoms with Gasteiger partial charge in [-0.2, -0.15) is 0 Å². The maximum atomic E-state index is 6.03. The molecule has 2 atom stereocenters. The summed E-state index contributed by atoms with van der Waals surface area (Å²) in [6.07, 6.45) is 5.34. The number of likely N-dealkylation sites (N-methyl/N-ethyl adjacent to an activating group) is 1. The van der Waals surface area contributed by atoms with Gasteiger partial charge in [0.15, 0.2) is 0 Å². The topological polar surface area (TPSA) is 80.2 Å². The smallest absolute Gasteiger partial charge is 0.0433 e. The van der Waals surface area contributed by atoms with E-state index in [1.54, 1.807) is 6.20 Å². The second-order valence-electron chi connectivity index (χ2n) is 5.38. The zero-order valence-electron chi connectivity index (χ0n) is 13.2. The normalized spacial score (nSPS) is 16.1. The molecule has 0 aromatic carbocycles. The van der Waals surface area contributed by atoms with Crippen molar-refractivity contribution in [3.8, 4) is 0 Å². The van der Waals surface area contributed by atoms with Crippen LogP contribution in [-0.2, 0) is 6.42 Å². The first-order valence-electron chi connectivity index (χ1n) is 7.42. The predicted octanol–water partition coefficient (Wildman–Crippen LogP) is 1.55. The second kappa shape index (κ2) is 7.57. The van der Waals surface area contributed by atoms with Crippen molar-refractivity contribution < 1.29 is 0 Å². The molecule has 0 spiro atoms. The third-order valence-electron chi connectivity index (χ3n) is 4.52. The standard InChI is InChI=1S/C15H29N5/c1-5-15(4,20(6-2)7-3)14(19-17)10-12-11-18-9-8-13(12)16/h8-9,11,14,19H,5-7,10,17H2,1-4H3,(H2,16,18). The summed E-state index contributed by atoms with van der Waals surface area (Å²) in [5.74, 6) is 5.84. The largest absolute Gasteiger partial charge is 0.398 e. The quantitative estimate of drug-likeness (QED) is 0.497. The summed E-state index contributed by atoms with van der Waals surface area (Å²) in [5, 5.41) is 0. The Bertz CT molecular complexity index is 405. The number of hydrogen-bond acceptors (Lipinski definition) is 5. The van der Waals surface area contributed by atoms with Gasteiger partial charge in [0.05, 0.1) is 0 Å². The number of pyridine rings is 1. The van der Waals surface area contributed by atoms with E-state index in [0.29, 0.717) is 0 Å². The molecule has 0 aliphatic carbocycles. The zero-order chi connectivity index (χ0) is 15.2. The average molecular weight is 279 g/mol. The lowest BCUT2D eigenvalue weighted by molar-refractivity contribution is 0.0701. The summed E-state index contributed by atoms with van der Waals surface area (Å²) < 4.78 is 0. The lowest BCUT2D eigenvalue weighted by atomic mass is 9.83. The molecular formula is C15H29N5. The molecule has 0 bridgehead atoms. The Morgan fingerprint density at radius 1 is 1.35 bits per heavy atom. The second-order valence-corrected chi connectivity index (χ2v) is 5.38. The van der Waals surface area contributed by atoms with Crippen LogP contribution in [0.5, 0.6) is 0 Å². The number of anilines is 1. The van der Waals surface area contributed by atoms with E-state index in [0.717, 1.165) is 37.2 Å². The Labute approximate surface area is 122 Å². The summed E-state index contributed by atoms with van der Waals surface area (Å²) in [7, 11) is 0. The molecule has 1 rings (SSSR count). The fourth-order valence-corrected chi connectivity index (χ4v) is 2.92. The van der Waals surface area contributed by atoms with Crippen LogP contribution in [0.2, 0.25) is 0 Å². The van der Waals surface area contributed by atoms with Crippen LogP contribution in [-0.4, -0.2) is 34.6 Å². The Hall–Kier alpha value is -1.17. The summed E-state index contributed by atoms with van der Waals surface area (Å²) in [4.78, 5) is 6.61. The Kier molecular flexibility index (Phi) is 6.39. The van der Waals surface area contributed by atoms with Crippen LogP contribution in [0.1, 0.15) is 39.7 Å². The van der Waals surface area contributed by atoms with Gasteiger partial charge in [-0.1, -0.05) is 20.8 Å². The summed E-state index contributed by atoms with van der Waals surface area (Å²) in [5.41, 5.74) is 10.8. The van der Waals surface area contributed by atoms with Gasteiger partial charge in [0, 0.05) is 29.7 Å². The molecule has 1 aromatic rings. The van der Waals surface area contributed by atoms with E-state index in [4.69, 9.17) is 11.6 Å². The molecule has 5 heteroatoms. The van der Waals surface area contributed by atoms with Gasteiger partial charge in [0.25, 0.3) is 0 Å². The highest BCUT2D eigenvalue weighted by Gasteiger charge is 2.36. The predicted molar refractivity (Wildman–Crippen MR) is 85.1 cm³/mol. The van der Waals surface area contributed by atoms with Crippen LogP contribution >= 0.6 is 0 Å². The van der Waals surface area contributed by atoms with E-state index in [1.165, 1.54) is 0 Å². The van der Waals surface area contributed by atoms with E-state index in [2.05, 4.69) is 43.0 Å². The minimum absolute atomic E-state index is 0.0134. The molecule has 2 unspecified atom stereocenters. The highest BCUT2D eigenvalue weighted by molar-refractivity contribution is 5.44. The maximum absolute atomic E-state index is 6.03. The van der Waals surface area contributed by atoms with Crippen molar-refractivity contribution in [2.45, 2.75) is 52.1 Å². The average Bonchev–Trinajstić information content (AvgIpc) is 2.47. The molecular weight excluding hydrogens is 250 g/mol. The summed E-state index contributed by atoms with van der Waals surface area (Å²) >= 11 is 0. The number of hydrogen-bond donors (Lipinski definition) is 3. The summed E-state index contributed by atoms with van der Waals surface area (Å²) in [6, 6.07) is 1.96. The zero-order valence-corrected chi connectivity index (χ0v) is 13.2. The lowest BCUT2D eigenvalue weighted by Crippen LogP contribution is -2.61. The third kappa shape index (κ3) is 3.48. The van der Waals surface area contributed by atoms with Crippen molar-refractivity contribution in [1.29, 1.82) is 0 Å². The first-order chi connectivity index (χ1) is 9.53. The molecule has 1 heterocycles. The van der Waals surface area contributed by atoms with Crippen molar-refractivity contribution in [2.24, 2.45) is 5.84 Å². The van der Waals surface area contributed by atoms with Gasteiger partial charge < -0.3 is 5.73 Å². The Morgan fingerprint density at radius 3 is 2.45 bits per heavy atom. The van der Waals surface area contributed by atoms with Crippen molar-refractivity contribution in [3.05, 3.63) is 24.0 Å². The molecule has 0 radical (unpaired) electrons. The van der Waals surface area contributed by atoms with Gasteiger partial charge in [-0.05, 0) is 44.5 Å². The van der Waals surface area contributed by atoms with Gasteiger partial charge in [-0.15, -0.1) is 0 Å². The van der Waals surface area contributed by atoms with E-state index >= 15 is 0 Å². The number of nitrogens with two attached hydrogens (primary N) is 2. The van der Waals surface area contributed by atoms with Crippen LogP contribution in [0.25, 0.3) is 0 Å². The number of nitrogens with one attached hydrogen (secondary N) is 1. The van der Waals surface area contributed by atoms with Crippen molar-refractivity contribution >= 4 is 5.69 Å². The SMILES string of the molecule is CCN(CC)C(C)(CC)C(Cc1cnccc1N)NN. The number of nitrogen functional groups attached to an aromatic ring is 1. The molecule has 1 aromatic heterocycles. The summed E-state index contributed by atoms with van der Waals surface area (Å²) in [6.45, 7) is 10.8. The molecule has 20 heavy (non-hydrogen) atoms. The van der Waals surface area contributed by atoms with Gasteiger partial charge in [-0.3, -0.25) is 21.2 Å². The molecule has 5 N–H and O–H groups in total. The highest BCUT2D eigenvalue weighted by Crippen LogP contribution is 2.26. The van der Waals surface area contributed by atoms with Crippen LogP contribution in [0.15, 0.2) is 18.5 Å². The molecule has 0 aliphatic rings. The third-order valence-corrected chi connectivity index (χ3v) is 4.52. The lowest BCUT2D eigenvalue weighted by Gasteiger charge is -2.45. The fraction of sp³-hybridized carbons (Fsp3) is 0.667. The van der Waals surface area contributed by atoms with Crippen LogP contribution in [0.3, 0.4) is 0 Å². The van der Waals surface area contributed by atoms with Gasteiger partial charge in [0.1, 0.15) is 0 Å². The van der Waals surface area contributed by atoms with Crippen LogP contribution in [0.4, 0.5) is 5.69 Å². The maximum Gasteiger partial charge on any atom is 0.0433 e. The highest BCUT2D eigenvalue weighted by atomic mass is 15.3. The van der Waals surface area contributed by atoms with Crippen LogP contribution < -0.4 is 17.0 Å².